The Morgan fingerprint density at radius 1 is 1.29 bits per heavy atom. The molecule has 6 nitrogen and oxygen atoms in total. The minimum Gasteiger partial charge on any atom is -0.393 e. The van der Waals surface area contributed by atoms with Crippen molar-refractivity contribution in [3.63, 3.8) is 0 Å². The normalized spacial score (nSPS) is 10.1. The molecule has 2 aromatic carbocycles. The number of carbonyl (C=O) groups is 1. The highest BCUT2D eigenvalue weighted by atomic mass is 16.6. The van der Waals surface area contributed by atoms with E-state index in [0.29, 0.717) is 11.3 Å². The lowest BCUT2D eigenvalue weighted by Crippen LogP contribution is -2.15. The number of nitrogens with one attached hydrogen (secondary N) is 1. The lowest BCUT2D eigenvalue weighted by molar-refractivity contribution is -0.383. The van der Waals surface area contributed by atoms with Crippen molar-refractivity contribution in [3.05, 3.63) is 63.7 Å². The topological polar surface area (TPSA) is 98.3 Å². The van der Waals surface area contributed by atoms with E-state index in [1.165, 1.54) is 12.1 Å². The molecular weight excluding hydrogens is 270 g/mol. The van der Waals surface area contributed by atoms with Crippen molar-refractivity contribution in [1.82, 2.24) is 0 Å². The fourth-order valence-electron chi connectivity index (χ4n) is 1.98. The van der Waals surface area contributed by atoms with Crippen molar-refractivity contribution in [1.29, 1.82) is 0 Å². The highest BCUT2D eigenvalue weighted by Gasteiger charge is 2.15. The second-order valence-corrected chi connectivity index (χ2v) is 4.69. The van der Waals surface area contributed by atoms with E-state index in [-0.39, 0.29) is 23.7 Å². The summed E-state index contributed by atoms with van der Waals surface area (Å²) in [7, 11) is 0. The number of nitrogens with zero attached hydrogens (tertiary/aromatic N) is 1. The molecule has 108 valence electrons. The van der Waals surface area contributed by atoms with Crippen molar-refractivity contribution in [2.75, 3.05) is 11.1 Å². The minimum absolute atomic E-state index is 0.0283. The van der Waals surface area contributed by atoms with Crippen LogP contribution in [0.2, 0.25) is 0 Å². The standard InChI is InChI=1S/C15H15N3O3/c1-10-7-14(18(20)21)12(16)9-13(10)17-15(19)8-11-5-3-2-4-6-11/h2-7,9H,8,16H2,1H3,(H,17,19). The van der Waals surface area contributed by atoms with Crippen molar-refractivity contribution >= 4 is 23.0 Å². The van der Waals surface area contributed by atoms with Gasteiger partial charge < -0.3 is 11.1 Å². The Hall–Kier alpha value is -2.89. The average molecular weight is 285 g/mol. The van der Waals surface area contributed by atoms with E-state index in [0.717, 1.165) is 5.56 Å². The van der Waals surface area contributed by atoms with Gasteiger partial charge in [-0.25, -0.2) is 0 Å². The number of benzene rings is 2. The number of carbonyl (C=O) groups excluding carboxylic acids is 1. The van der Waals surface area contributed by atoms with E-state index < -0.39 is 4.92 Å². The van der Waals surface area contributed by atoms with Gasteiger partial charge in [-0.2, -0.15) is 0 Å². The fraction of sp³-hybridized carbons (Fsp3) is 0.133. The number of nitro benzene ring substituents is 1. The van der Waals surface area contributed by atoms with Gasteiger partial charge in [0, 0.05) is 11.8 Å². The van der Waals surface area contributed by atoms with E-state index in [2.05, 4.69) is 5.32 Å². The first kappa shape index (κ1) is 14.5. The molecule has 3 N–H and O–H groups in total. The largest absolute Gasteiger partial charge is 0.393 e. The molecule has 0 bridgehead atoms. The predicted octanol–water partition coefficient (Wildman–Crippen LogP) is 2.67. The molecule has 0 atom stereocenters. The summed E-state index contributed by atoms with van der Waals surface area (Å²) in [5, 5.41) is 13.5. The zero-order chi connectivity index (χ0) is 15.4. The first-order chi connectivity index (χ1) is 9.97. The number of rotatable bonds is 4. The van der Waals surface area contributed by atoms with Gasteiger partial charge in [0.2, 0.25) is 5.91 Å². The number of nitro groups is 1. The number of hydrogen-bond donors (Lipinski definition) is 2. The average Bonchev–Trinajstić information content (AvgIpc) is 2.43. The SMILES string of the molecule is Cc1cc([N+](=O)[O-])c(N)cc1NC(=O)Cc1ccccc1. The van der Waals surface area contributed by atoms with Crippen molar-refractivity contribution < 1.29 is 9.72 Å². The molecule has 0 aromatic heterocycles. The van der Waals surface area contributed by atoms with Crippen LogP contribution < -0.4 is 11.1 Å². The first-order valence-electron chi connectivity index (χ1n) is 6.35. The molecule has 0 saturated heterocycles. The number of aryl methyl sites for hydroxylation is 1. The van der Waals surface area contributed by atoms with Gasteiger partial charge in [-0.3, -0.25) is 14.9 Å². The maximum absolute atomic E-state index is 12.0. The van der Waals surface area contributed by atoms with E-state index in [4.69, 9.17) is 5.73 Å². The molecule has 0 radical (unpaired) electrons. The summed E-state index contributed by atoms with van der Waals surface area (Å²) < 4.78 is 0. The third-order valence-corrected chi connectivity index (χ3v) is 3.05. The van der Waals surface area contributed by atoms with E-state index >= 15 is 0 Å². The van der Waals surface area contributed by atoms with Crippen molar-refractivity contribution in [2.45, 2.75) is 13.3 Å². The zero-order valence-electron chi connectivity index (χ0n) is 11.5. The molecular formula is C15H15N3O3. The number of amides is 1. The van der Waals surface area contributed by atoms with Gasteiger partial charge in [-0.15, -0.1) is 0 Å². The van der Waals surface area contributed by atoms with E-state index in [1.54, 1.807) is 6.92 Å². The van der Waals surface area contributed by atoms with Crippen LogP contribution in [0.4, 0.5) is 17.1 Å². The van der Waals surface area contributed by atoms with Crippen LogP contribution in [0.15, 0.2) is 42.5 Å². The number of anilines is 2. The van der Waals surface area contributed by atoms with E-state index in [9.17, 15) is 14.9 Å². The smallest absolute Gasteiger partial charge is 0.292 e. The molecule has 0 heterocycles. The van der Waals surface area contributed by atoms with Gasteiger partial charge in [0.15, 0.2) is 0 Å². The summed E-state index contributed by atoms with van der Waals surface area (Å²) in [6.07, 6.45) is 0.233. The molecule has 0 aliphatic carbocycles. The maximum atomic E-state index is 12.0. The van der Waals surface area contributed by atoms with E-state index in [1.807, 2.05) is 30.3 Å². The summed E-state index contributed by atoms with van der Waals surface area (Å²) in [5.41, 5.74) is 7.47. The Labute approximate surface area is 121 Å². The molecule has 6 heteroatoms. The van der Waals surface area contributed by atoms with Gasteiger partial charge in [0.25, 0.3) is 5.69 Å². The second-order valence-electron chi connectivity index (χ2n) is 4.69. The molecule has 0 aliphatic heterocycles. The third-order valence-electron chi connectivity index (χ3n) is 3.05. The predicted molar refractivity (Wildman–Crippen MR) is 81.0 cm³/mol. The fourth-order valence-corrected chi connectivity index (χ4v) is 1.98. The van der Waals surface area contributed by atoms with Crippen LogP contribution in [0.3, 0.4) is 0 Å². The molecule has 0 unspecified atom stereocenters. The minimum atomic E-state index is -0.544. The van der Waals surface area contributed by atoms with Crippen LogP contribution in [0.1, 0.15) is 11.1 Å². The molecule has 0 saturated carbocycles. The monoisotopic (exact) mass is 285 g/mol. The van der Waals surface area contributed by atoms with Crippen molar-refractivity contribution in [2.24, 2.45) is 0 Å². The number of hydrogen-bond acceptors (Lipinski definition) is 4. The Kier molecular flexibility index (Phi) is 4.18. The maximum Gasteiger partial charge on any atom is 0.292 e. The molecule has 0 aliphatic rings. The van der Waals surface area contributed by atoms with Crippen LogP contribution in [0.25, 0.3) is 0 Å². The third kappa shape index (κ3) is 3.56. The van der Waals surface area contributed by atoms with Crippen molar-refractivity contribution in [3.8, 4) is 0 Å². The lowest BCUT2D eigenvalue weighted by Gasteiger charge is -2.09. The second kappa shape index (κ2) is 6.04. The summed E-state index contributed by atoms with van der Waals surface area (Å²) in [6, 6.07) is 12.1. The Morgan fingerprint density at radius 3 is 2.57 bits per heavy atom. The molecule has 0 fully saturated rings. The molecule has 2 aromatic rings. The van der Waals surface area contributed by atoms with Crippen LogP contribution in [-0.2, 0) is 11.2 Å². The van der Waals surface area contributed by atoms with Crippen LogP contribution in [0.5, 0.6) is 0 Å². The Bertz CT molecular complexity index is 684. The zero-order valence-corrected chi connectivity index (χ0v) is 11.5. The summed E-state index contributed by atoms with van der Waals surface area (Å²) in [6.45, 7) is 1.69. The first-order valence-corrected chi connectivity index (χ1v) is 6.35. The van der Waals surface area contributed by atoms with Gasteiger partial charge in [0.05, 0.1) is 11.3 Å². The van der Waals surface area contributed by atoms with Gasteiger partial charge in [-0.05, 0) is 24.1 Å². The van der Waals surface area contributed by atoms with Gasteiger partial charge in [-0.1, -0.05) is 30.3 Å². The highest BCUT2D eigenvalue weighted by Crippen LogP contribution is 2.28. The van der Waals surface area contributed by atoms with Gasteiger partial charge >= 0.3 is 0 Å². The molecule has 0 spiro atoms. The summed E-state index contributed by atoms with van der Waals surface area (Å²) >= 11 is 0. The summed E-state index contributed by atoms with van der Waals surface area (Å²) in [4.78, 5) is 22.2. The number of nitrogen functional groups attached to an aromatic ring is 1. The van der Waals surface area contributed by atoms with Crippen LogP contribution in [0, 0.1) is 17.0 Å². The Balaban J connectivity index is 2.14. The summed E-state index contributed by atoms with van der Waals surface area (Å²) in [5.74, 6) is -0.197. The molecule has 1 amide bonds. The van der Waals surface area contributed by atoms with Crippen LogP contribution >= 0.6 is 0 Å². The number of nitrogens with two attached hydrogens (primary N) is 1. The Morgan fingerprint density at radius 2 is 1.95 bits per heavy atom. The molecule has 2 rings (SSSR count). The van der Waals surface area contributed by atoms with Crippen LogP contribution in [-0.4, -0.2) is 10.8 Å². The quantitative estimate of drug-likeness (QED) is 0.512. The van der Waals surface area contributed by atoms with Gasteiger partial charge in [0.1, 0.15) is 5.69 Å². The highest BCUT2D eigenvalue weighted by molar-refractivity contribution is 5.94. The molecule has 21 heavy (non-hydrogen) atoms. The lowest BCUT2D eigenvalue weighted by atomic mass is 10.1.